The van der Waals surface area contributed by atoms with E-state index in [0.717, 1.165) is 5.56 Å². The summed E-state index contributed by atoms with van der Waals surface area (Å²) in [5.41, 5.74) is 1.91. The van der Waals surface area contributed by atoms with Crippen LogP contribution in [0.4, 0.5) is 5.69 Å². The Bertz CT molecular complexity index is 509. The molecule has 0 saturated carbocycles. The van der Waals surface area contributed by atoms with E-state index in [2.05, 4.69) is 16.7 Å². The first-order valence-electron chi connectivity index (χ1n) is 6.33. The van der Waals surface area contributed by atoms with Crippen LogP contribution in [0.15, 0.2) is 18.2 Å². The van der Waals surface area contributed by atoms with Crippen molar-refractivity contribution < 1.29 is 4.79 Å². The lowest BCUT2D eigenvalue weighted by Gasteiger charge is -2.24. The molecule has 1 unspecified atom stereocenters. The Hall–Kier alpha value is -2.02. The van der Waals surface area contributed by atoms with Gasteiger partial charge < -0.3 is 10.6 Å². The van der Waals surface area contributed by atoms with Crippen molar-refractivity contribution in [2.75, 3.05) is 5.32 Å². The van der Waals surface area contributed by atoms with Gasteiger partial charge in [0.05, 0.1) is 11.3 Å². The summed E-state index contributed by atoms with van der Waals surface area (Å²) >= 11 is 0. The molecule has 0 aromatic heterocycles. The van der Waals surface area contributed by atoms with Crippen LogP contribution < -0.4 is 10.6 Å². The highest BCUT2D eigenvalue weighted by atomic mass is 16.2. The van der Waals surface area contributed by atoms with Crippen molar-refractivity contribution in [3.63, 3.8) is 0 Å². The zero-order valence-corrected chi connectivity index (χ0v) is 12.2. The lowest BCUT2D eigenvalue weighted by atomic mass is 10.1. The minimum absolute atomic E-state index is 0.0853. The van der Waals surface area contributed by atoms with Gasteiger partial charge in [-0.15, -0.1) is 0 Å². The lowest BCUT2D eigenvalue weighted by molar-refractivity contribution is -0.122. The number of nitrogens with one attached hydrogen (secondary N) is 2. The van der Waals surface area contributed by atoms with Crippen molar-refractivity contribution in [3.05, 3.63) is 29.3 Å². The first-order chi connectivity index (χ1) is 8.74. The highest BCUT2D eigenvalue weighted by Crippen LogP contribution is 2.19. The molecule has 2 N–H and O–H groups in total. The fourth-order valence-electron chi connectivity index (χ4n) is 1.71. The highest BCUT2D eigenvalue weighted by Gasteiger charge is 2.19. The monoisotopic (exact) mass is 259 g/mol. The Balaban J connectivity index is 2.84. The summed E-state index contributed by atoms with van der Waals surface area (Å²) in [7, 11) is 0. The van der Waals surface area contributed by atoms with E-state index < -0.39 is 6.04 Å². The summed E-state index contributed by atoms with van der Waals surface area (Å²) in [4.78, 5) is 12.0. The zero-order chi connectivity index (χ0) is 14.6. The highest BCUT2D eigenvalue weighted by molar-refractivity contribution is 5.85. The SMILES string of the molecule is Cc1cccc(NC(C)C(=O)NC(C)(C)C)c1C#N. The molecular weight excluding hydrogens is 238 g/mol. The molecule has 1 amide bonds. The van der Waals surface area contributed by atoms with Crippen molar-refractivity contribution in [1.29, 1.82) is 5.26 Å². The molecule has 0 saturated heterocycles. The number of carbonyl (C=O) groups is 1. The fourth-order valence-corrected chi connectivity index (χ4v) is 1.71. The normalized spacial score (nSPS) is 12.4. The van der Waals surface area contributed by atoms with E-state index in [1.54, 1.807) is 6.92 Å². The van der Waals surface area contributed by atoms with Crippen LogP contribution in [0.2, 0.25) is 0 Å². The molecule has 19 heavy (non-hydrogen) atoms. The summed E-state index contributed by atoms with van der Waals surface area (Å²) in [5.74, 6) is -0.0853. The molecule has 0 heterocycles. The van der Waals surface area contributed by atoms with Gasteiger partial charge in [-0.1, -0.05) is 12.1 Å². The van der Waals surface area contributed by atoms with Gasteiger partial charge in [-0.05, 0) is 46.2 Å². The molecular formula is C15H21N3O. The van der Waals surface area contributed by atoms with Gasteiger partial charge >= 0.3 is 0 Å². The second kappa shape index (κ2) is 5.75. The van der Waals surface area contributed by atoms with Gasteiger partial charge in [0.2, 0.25) is 5.91 Å². The van der Waals surface area contributed by atoms with Crippen molar-refractivity contribution in [3.8, 4) is 6.07 Å². The zero-order valence-electron chi connectivity index (χ0n) is 12.2. The minimum Gasteiger partial charge on any atom is -0.373 e. The predicted octanol–water partition coefficient (Wildman–Crippen LogP) is 2.58. The van der Waals surface area contributed by atoms with Crippen molar-refractivity contribution >= 4 is 11.6 Å². The molecule has 0 bridgehead atoms. The van der Waals surface area contributed by atoms with E-state index in [4.69, 9.17) is 5.26 Å². The predicted molar refractivity (Wildman–Crippen MR) is 76.9 cm³/mol. The molecule has 1 aromatic carbocycles. The van der Waals surface area contributed by atoms with Crippen LogP contribution in [0.1, 0.15) is 38.8 Å². The van der Waals surface area contributed by atoms with Crippen molar-refractivity contribution in [2.45, 2.75) is 46.2 Å². The number of carbonyl (C=O) groups excluding carboxylic acids is 1. The number of hydrogen-bond acceptors (Lipinski definition) is 3. The Kier molecular flexibility index (Phi) is 4.55. The number of amides is 1. The maximum absolute atomic E-state index is 12.0. The third-order valence-electron chi connectivity index (χ3n) is 2.65. The maximum Gasteiger partial charge on any atom is 0.242 e. The standard InChI is InChI=1S/C15H21N3O/c1-10-7-6-8-13(12(10)9-16)17-11(2)14(19)18-15(3,4)5/h6-8,11,17H,1-5H3,(H,18,19). The Morgan fingerprint density at radius 1 is 1.37 bits per heavy atom. The lowest BCUT2D eigenvalue weighted by Crippen LogP contribution is -2.47. The first-order valence-corrected chi connectivity index (χ1v) is 6.33. The number of benzene rings is 1. The summed E-state index contributed by atoms with van der Waals surface area (Å²) in [6, 6.07) is 7.33. The summed E-state index contributed by atoms with van der Waals surface area (Å²) in [5, 5.41) is 15.1. The molecule has 0 aliphatic carbocycles. The van der Waals surface area contributed by atoms with Crippen molar-refractivity contribution in [1.82, 2.24) is 5.32 Å². The molecule has 1 rings (SSSR count). The number of rotatable bonds is 3. The largest absolute Gasteiger partial charge is 0.373 e. The Morgan fingerprint density at radius 3 is 2.53 bits per heavy atom. The van der Waals surface area contributed by atoms with E-state index in [9.17, 15) is 4.79 Å². The van der Waals surface area contributed by atoms with Gasteiger partial charge in [0, 0.05) is 5.54 Å². The van der Waals surface area contributed by atoms with Gasteiger partial charge in [-0.2, -0.15) is 5.26 Å². The molecule has 0 aliphatic heterocycles. The second-order valence-electron chi connectivity index (χ2n) is 5.71. The summed E-state index contributed by atoms with van der Waals surface area (Å²) in [6.07, 6.45) is 0. The molecule has 4 nitrogen and oxygen atoms in total. The van der Waals surface area contributed by atoms with Gasteiger partial charge in [0.25, 0.3) is 0 Å². The number of nitrogens with zero attached hydrogens (tertiary/aromatic N) is 1. The van der Waals surface area contributed by atoms with E-state index in [0.29, 0.717) is 11.3 Å². The van der Waals surface area contributed by atoms with Crippen LogP contribution in [0.25, 0.3) is 0 Å². The number of hydrogen-bond donors (Lipinski definition) is 2. The number of anilines is 1. The van der Waals surface area contributed by atoms with Crippen LogP contribution >= 0.6 is 0 Å². The van der Waals surface area contributed by atoms with Crippen LogP contribution in [-0.2, 0) is 4.79 Å². The van der Waals surface area contributed by atoms with E-state index in [-0.39, 0.29) is 11.4 Å². The van der Waals surface area contributed by atoms with Crippen LogP contribution in [0.3, 0.4) is 0 Å². The third kappa shape index (κ3) is 4.29. The second-order valence-corrected chi connectivity index (χ2v) is 5.71. The minimum atomic E-state index is -0.395. The number of aryl methyl sites for hydroxylation is 1. The average molecular weight is 259 g/mol. The smallest absolute Gasteiger partial charge is 0.242 e. The number of nitriles is 1. The molecule has 1 aromatic rings. The van der Waals surface area contributed by atoms with Gasteiger partial charge in [0.15, 0.2) is 0 Å². The fraction of sp³-hybridized carbons (Fsp3) is 0.467. The van der Waals surface area contributed by atoms with Crippen LogP contribution in [-0.4, -0.2) is 17.5 Å². The Morgan fingerprint density at radius 2 is 2.00 bits per heavy atom. The molecule has 4 heteroatoms. The summed E-state index contributed by atoms with van der Waals surface area (Å²) in [6.45, 7) is 9.47. The summed E-state index contributed by atoms with van der Waals surface area (Å²) < 4.78 is 0. The van der Waals surface area contributed by atoms with Gasteiger partial charge in [-0.25, -0.2) is 0 Å². The maximum atomic E-state index is 12.0. The van der Waals surface area contributed by atoms with Gasteiger partial charge in [0.1, 0.15) is 12.1 Å². The first kappa shape index (κ1) is 15.0. The molecule has 0 aliphatic rings. The van der Waals surface area contributed by atoms with Crippen molar-refractivity contribution in [2.24, 2.45) is 0 Å². The molecule has 0 fully saturated rings. The average Bonchev–Trinajstić information content (AvgIpc) is 2.27. The quantitative estimate of drug-likeness (QED) is 0.877. The van der Waals surface area contributed by atoms with Crippen LogP contribution in [0, 0.1) is 18.3 Å². The molecule has 102 valence electrons. The molecule has 0 spiro atoms. The topological polar surface area (TPSA) is 64.9 Å². The van der Waals surface area contributed by atoms with E-state index >= 15 is 0 Å². The Labute approximate surface area is 114 Å². The van der Waals surface area contributed by atoms with E-state index in [1.165, 1.54) is 0 Å². The van der Waals surface area contributed by atoms with E-state index in [1.807, 2.05) is 45.9 Å². The molecule has 1 atom stereocenters. The van der Waals surface area contributed by atoms with Crippen LogP contribution in [0.5, 0.6) is 0 Å². The van der Waals surface area contributed by atoms with Gasteiger partial charge in [-0.3, -0.25) is 4.79 Å². The molecule has 0 radical (unpaired) electrons. The third-order valence-corrected chi connectivity index (χ3v) is 2.65.